The van der Waals surface area contributed by atoms with E-state index in [1.54, 1.807) is 0 Å². The summed E-state index contributed by atoms with van der Waals surface area (Å²) in [5.41, 5.74) is -6.81. The lowest BCUT2D eigenvalue weighted by Crippen LogP contribution is -2.66. The van der Waals surface area contributed by atoms with Crippen molar-refractivity contribution in [1.29, 1.82) is 0 Å². The molecule has 10 atom stereocenters. The van der Waals surface area contributed by atoms with Gasteiger partial charge >= 0.3 is 17.9 Å². The van der Waals surface area contributed by atoms with Crippen LogP contribution < -0.4 is 0 Å². The molecule has 9 nitrogen and oxygen atoms in total. The molecule has 2 spiro atoms. The summed E-state index contributed by atoms with van der Waals surface area (Å²) in [5, 5.41) is 23.0. The molecule has 0 aromatic rings. The van der Waals surface area contributed by atoms with Crippen LogP contribution in [0.5, 0.6) is 0 Å². The van der Waals surface area contributed by atoms with E-state index in [0.29, 0.717) is 6.42 Å². The van der Waals surface area contributed by atoms with Crippen molar-refractivity contribution in [2.24, 2.45) is 28.1 Å². The Morgan fingerprint density at radius 3 is 2.38 bits per heavy atom. The van der Waals surface area contributed by atoms with Crippen LogP contribution in [-0.4, -0.2) is 63.9 Å². The molecule has 29 heavy (non-hydrogen) atoms. The molecule has 2 aliphatic carbocycles. The monoisotopic (exact) mass is 408 g/mol. The van der Waals surface area contributed by atoms with Crippen molar-refractivity contribution in [3.05, 3.63) is 0 Å². The molecule has 0 aromatic heterocycles. The summed E-state index contributed by atoms with van der Waals surface area (Å²) in [5.74, 6) is -3.52. The number of fused-ring (bicyclic) bond motifs is 1. The zero-order valence-electron chi connectivity index (χ0n) is 16.6. The number of aliphatic hydroxyl groups is 2. The van der Waals surface area contributed by atoms with Crippen LogP contribution in [0.4, 0.5) is 0 Å². The summed E-state index contributed by atoms with van der Waals surface area (Å²) in [4.78, 5) is 38.1. The van der Waals surface area contributed by atoms with E-state index in [0.717, 1.165) is 0 Å². The number of rotatable bonds is 0. The van der Waals surface area contributed by atoms with Gasteiger partial charge in [-0.3, -0.25) is 4.79 Å². The first-order valence-electron chi connectivity index (χ1n) is 10.1. The molecule has 0 bridgehead atoms. The molecule has 9 heteroatoms. The van der Waals surface area contributed by atoms with Crippen LogP contribution in [0, 0.1) is 28.1 Å². The van der Waals surface area contributed by atoms with Gasteiger partial charge in [0.2, 0.25) is 11.9 Å². The molecule has 4 saturated heterocycles. The third-order valence-electron chi connectivity index (χ3n) is 8.97. The minimum absolute atomic E-state index is 0.0623. The molecule has 158 valence electrons. The van der Waals surface area contributed by atoms with Gasteiger partial charge in [0.25, 0.3) is 0 Å². The normalized spacial score (nSPS) is 59.2. The third-order valence-corrected chi connectivity index (χ3v) is 8.97. The van der Waals surface area contributed by atoms with Crippen molar-refractivity contribution in [3.8, 4) is 0 Å². The summed E-state index contributed by atoms with van der Waals surface area (Å²) in [7, 11) is 0. The number of hydrogen-bond acceptors (Lipinski definition) is 9. The first-order chi connectivity index (χ1) is 13.4. The van der Waals surface area contributed by atoms with Crippen LogP contribution in [0.25, 0.3) is 0 Å². The summed E-state index contributed by atoms with van der Waals surface area (Å²) in [6.45, 7) is 7.47. The zero-order valence-corrected chi connectivity index (χ0v) is 16.6. The number of ether oxygens (including phenoxy) is 4. The molecule has 0 radical (unpaired) electrons. The van der Waals surface area contributed by atoms with E-state index in [2.05, 4.69) is 0 Å². The second-order valence-electron chi connectivity index (χ2n) is 10.6. The Labute approximate surface area is 166 Å². The molecule has 6 fully saturated rings. The molecular weight excluding hydrogens is 384 g/mol. The van der Waals surface area contributed by atoms with E-state index in [1.807, 2.05) is 20.8 Å². The Hall–Kier alpha value is -1.71. The SMILES string of the molecule is C[C@@H]1C(=O)O[C@H]2CC34[C@H]5C[C@@H](C(C)(C)C)[C@]36[C@@H](OC(=O)[C@@H]6O)O[C@]4(C(=O)O5)[C@]21O. The molecule has 0 aromatic carbocycles. The van der Waals surface area contributed by atoms with Gasteiger partial charge < -0.3 is 29.2 Å². The number of carbonyl (C=O) groups excluding carboxylic acids is 3. The van der Waals surface area contributed by atoms with Crippen LogP contribution in [0.1, 0.15) is 40.5 Å². The molecule has 1 unspecified atom stereocenters. The molecule has 4 heterocycles. The third kappa shape index (κ3) is 1.35. The molecule has 6 rings (SSSR count). The summed E-state index contributed by atoms with van der Waals surface area (Å²) >= 11 is 0. The smallest absolute Gasteiger partial charge is 0.342 e. The topological polar surface area (TPSA) is 129 Å². The lowest BCUT2D eigenvalue weighted by Gasteiger charge is -2.46. The van der Waals surface area contributed by atoms with Gasteiger partial charge in [-0.25, -0.2) is 9.59 Å². The highest BCUT2D eigenvalue weighted by Crippen LogP contribution is 2.84. The van der Waals surface area contributed by atoms with Gasteiger partial charge in [0.05, 0.1) is 16.7 Å². The lowest BCUT2D eigenvalue weighted by molar-refractivity contribution is -0.238. The van der Waals surface area contributed by atoms with Gasteiger partial charge in [0.1, 0.15) is 12.2 Å². The Bertz CT molecular complexity index is 893. The van der Waals surface area contributed by atoms with Crippen molar-refractivity contribution in [1.82, 2.24) is 0 Å². The van der Waals surface area contributed by atoms with Crippen molar-refractivity contribution < 1.29 is 43.5 Å². The van der Waals surface area contributed by atoms with Gasteiger partial charge in [0.15, 0.2) is 11.7 Å². The predicted octanol–water partition coefficient (Wildman–Crippen LogP) is -0.340. The van der Waals surface area contributed by atoms with Gasteiger partial charge in [0, 0.05) is 6.42 Å². The van der Waals surface area contributed by atoms with Crippen molar-refractivity contribution in [2.75, 3.05) is 0 Å². The first-order valence-corrected chi connectivity index (χ1v) is 10.1. The molecular formula is C20H24O9. The van der Waals surface area contributed by atoms with Gasteiger partial charge in [-0.15, -0.1) is 0 Å². The number of carbonyl (C=O) groups is 3. The van der Waals surface area contributed by atoms with E-state index in [1.165, 1.54) is 6.92 Å². The Morgan fingerprint density at radius 1 is 1.03 bits per heavy atom. The Kier molecular flexibility index (Phi) is 2.79. The number of hydrogen-bond donors (Lipinski definition) is 2. The average Bonchev–Trinajstić information content (AvgIpc) is 3.31. The highest BCUT2D eigenvalue weighted by Gasteiger charge is 3.01. The van der Waals surface area contributed by atoms with E-state index >= 15 is 0 Å². The van der Waals surface area contributed by atoms with Crippen molar-refractivity contribution in [3.63, 3.8) is 0 Å². The van der Waals surface area contributed by atoms with Gasteiger partial charge in [-0.2, -0.15) is 0 Å². The van der Waals surface area contributed by atoms with E-state index in [-0.39, 0.29) is 17.8 Å². The van der Waals surface area contributed by atoms with E-state index in [9.17, 15) is 24.6 Å². The second kappa shape index (κ2) is 4.48. The van der Waals surface area contributed by atoms with Crippen molar-refractivity contribution >= 4 is 17.9 Å². The Balaban J connectivity index is 1.68. The summed E-state index contributed by atoms with van der Waals surface area (Å²) in [6, 6.07) is 0. The van der Waals surface area contributed by atoms with Crippen LogP contribution in [0.15, 0.2) is 0 Å². The number of esters is 3. The first kappa shape index (κ1) is 18.1. The van der Waals surface area contributed by atoms with Crippen LogP contribution in [-0.2, 0) is 33.3 Å². The fourth-order valence-electron chi connectivity index (χ4n) is 8.06. The summed E-state index contributed by atoms with van der Waals surface area (Å²) < 4.78 is 22.9. The summed E-state index contributed by atoms with van der Waals surface area (Å²) in [6.07, 6.45) is -3.96. The maximum atomic E-state index is 13.3. The predicted molar refractivity (Wildman–Crippen MR) is 90.6 cm³/mol. The minimum atomic E-state index is -1.97. The quantitative estimate of drug-likeness (QED) is 0.408. The van der Waals surface area contributed by atoms with Gasteiger partial charge in [-0.1, -0.05) is 20.8 Å². The maximum Gasteiger partial charge on any atom is 0.342 e. The average molecular weight is 408 g/mol. The molecule has 0 amide bonds. The highest BCUT2D eigenvalue weighted by atomic mass is 16.8. The Morgan fingerprint density at radius 2 is 1.72 bits per heavy atom. The maximum absolute atomic E-state index is 13.3. The molecule has 6 aliphatic rings. The minimum Gasteiger partial charge on any atom is -0.459 e. The zero-order chi connectivity index (χ0) is 20.9. The largest absolute Gasteiger partial charge is 0.459 e. The van der Waals surface area contributed by atoms with E-state index in [4.69, 9.17) is 18.9 Å². The van der Waals surface area contributed by atoms with E-state index < -0.39 is 70.5 Å². The molecule has 2 N–H and O–H groups in total. The molecule has 2 saturated carbocycles. The van der Waals surface area contributed by atoms with Crippen LogP contribution >= 0.6 is 0 Å². The number of aliphatic hydroxyl groups excluding tert-OH is 1. The second-order valence-corrected chi connectivity index (χ2v) is 10.6. The van der Waals surface area contributed by atoms with Crippen LogP contribution in [0.2, 0.25) is 0 Å². The fraction of sp³-hybridized carbons (Fsp3) is 0.850. The molecule has 4 aliphatic heterocycles. The van der Waals surface area contributed by atoms with Gasteiger partial charge in [-0.05, 0) is 24.7 Å². The standard InChI is InChI=1S/C20H24O9/c1-7-12(22)26-10-6-17-9-5-8(16(2,3)4)18(17)11(21)13(23)28-15(18)29-20(17,14(24)27-9)19(7,10)25/h7-11,15,21,25H,5-6H2,1-4H3/t7-,8+,9-,10+,11+,15+,17?,18+,19-,20+/m1/s1. The van der Waals surface area contributed by atoms with Crippen LogP contribution in [0.3, 0.4) is 0 Å². The lowest BCUT2D eigenvalue weighted by atomic mass is 9.51. The highest BCUT2D eigenvalue weighted by molar-refractivity contribution is 5.93. The fourth-order valence-corrected chi connectivity index (χ4v) is 8.06. The van der Waals surface area contributed by atoms with Crippen molar-refractivity contribution in [2.45, 2.75) is 76.3 Å².